The molecule has 0 heterocycles. The molecule has 0 aromatic rings. The van der Waals surface area contributed by atoms with Crippen LogP contribution in [-0.4, -0.2) is 24.8 Å². The molecule has 2 aliphatic carbocycles. The van der Waals surface area contributed by atoms with Gasteiger partial charge in [0.2, 0.25) is 10.3 Å². The fourth-order valence-electron chi connectivity index (χ4n) is 2.28. The van der Waals surface area contributed by atoms with Gasteiger partial charge in [0.05, 0.1) is 11.3 Å². The number of halogens is 1. The van der Waals surface area contributed by atoms with Crippen LogP contribution in [0.4, 0.5) is 0 Å². The van der Waals surface area contributed by atoms with Gasteiger partial charge in [0, 0.05) is 24.3 Å². The smallest absolute Gasteiger partial charge is 0.217 e. The minimum atomic E-state index is -2.28. The number of carbonyl (C=O) groups is 2. The first kappa shape index (κ1) is 13.2. The first-order valence-electron chi connectivity index (χ1n) is 5.53. The maximum Gasteiger partial charge on any atom is 0.217 e. The van der Waals surface area contributed by atoms with Gasteiger partial charge in [-0.1, -0.05) is 17.7 Å². The molecule has 0 aromatic carbocycles. The van der Waals surface area contributed by atoms with Crippen LogP contribution in [0.5, 0.6) is 0 Å². The van der Waals surface area contributed by atoms with E-state index in [1.807, 2.05) is 0 Å². The van der Waals surface area contributed by atoms with Gasteiger partial charge in [-0.2, -0.15) is 8.42 Å². The monoisotopic (exact) mass is 286 g/mol. The highest BCUT2D eigenvalue weighted by Gasteiger charge is 2.30. The highest BCUT2D eigenvalue weighted by molar-refractivity contribution is 7.73. The highest BCUT2D eigenvalue weighted by Crippen LogP contribution is 2.34. The normalized spacial score (nSPS) is 21.7. The zero-order valence-corrected chi connectivity index (χ0v) is 11.1. The van der Waals surface area contributed by atoms with Crippen LogP contribution in [0, 0.1) is 5.92 Å². The van der Waals surface area contributed by atoms with Gasteiger partial charge in [-0.05, 0) is 17.6 Å². The van der Waals surface area contributed by atoms with Crippen molar-refractivity contribution in [2.24, 2.45) is 5.92 Å². The van der Waals surface area contributed by atoms with Gasteiger partial charge in [0.15, 0.2) is 0 Å². The predicted octanol–water partition coefficient (Wildman–Crippen LogP) is 1.43. The molecule has 0 radical (unpaired) electrons. The Balaban J connectivity index is 2.26. The van der Waals surface area contributed by atoms with Crippen LogP contribution < -0.4 is 0 Å². The Kier molecular flexibility index (Phi) is 3.82. The zero-order chi connectivity index (χ0) is 13.3. The molecule has 0 spiro atoms. The molecule has 18 heavy (non-hydrogen) atoms. The molecule has 0 N–H and O–H groups in total. The summed E-state index contributed by atoms with van der Waals surface area (Å²) in [6, 6.07) is 0. The van der Waals surface area contributed by atoms with E-state index in [9.17, 15) is 18.0 Å². The Labute approximate surface area is 111 Å². The topological polar surface area (TPSA) is 68.3 Å². The number of hydrogen-bond acceptors (Lipinski definition) is 4. The summed E-state index contributed by atoms with van der Waals surface area (Å²) in [4.78, 5) is 23.0. The molecule has 96 valence electrons. The number of rotatable bonds is 1. The van der Waals surface area contributed by atoms with Crippen LogP contribution in [0.15, 0.2) is 22.8 Å². The summed E-state index contributed by atoms with van der Waals surface area (Å²) in [6.45, 7) is 0. The van der Waals surface area contributed by atoms with E-state index >= 15 is 0 Å². The van der Waals surface area contributed by atoms with Crippen molar-refractivity contribution in [2.45, 2.75) is 25.7 Å². The number of carbonyl (C=O) groups excluding carboxylic acids is 2. The molecule has 0 unspecified atom stereocenters. The third-order valence-corrected chi connectivity index (χ3v) is 4.12. The summed E-state index contributed by atoms with van der Waals surface area (Å²) in [7, 11) is -2.28. The molecule has 0 amide bonds. The lowest BCUT2D eigenvalue weighted by Gasteiger charge is -2.24. The van der Waals surface area contributed by atoms with E-state index in [2.05, 4.69) is 0 Å². The molecule has 0 atom stereocenters. The van der Waals surface area contributed by atoms with Crippen LogP contribution in [0.25, 0.3) is 0 Å². The number of ketones is 2. The third-order valence-electron chi connectivity index (χ3n) is 3.08. The number of Topliss-reactive ketones (excluding diaryl/α,β-unsaturated/α-hetero) is 2. The van der Waals surface area contributed by atoms with Gasteiger partial charge < -0.3 is 0 Å². The molecular formula is C12H11ClO4S. The lowest BCUT2D eigenvalue weighted by Crippen LogP contribution is -2.25. The maximum absolute atomic E-state index is 11.4. The van der Waals surface area contributed by atoms with Gasteiger partial charge in [0.1, 0.15) is 11.6 Å². The summed E-state index contributed by atoms with van der Waals surface area (Å²) in [5.74, 6) is -0.364. The SMILES string of the molecule is O=C1CC(=O)CC(C2=CCC(=S(=O)=O)C=C2Cl)C1. The molecule has 6 heteroatoms. The van der Waals surface area contributed by atoms with Crippen LogP contribution in [0.1, 0.15) is 25.7 Å². The Morgan fingerprint density at radius 3 is 2.28 bits per heavy atom. The molecule has 2 aliphatic rings. The van der Waals surface area contributed by atoms with Crippen LogP contribution in [0.3, 0.4) is 0 Å². The predicted molar refractivity (Wildman–Crippen MR) is 67.9 cm³/mol. The quantitative estimate of drug-likeness (QED) is 0.540. The van der Waals surface area contributed by atoms with E-state index in [1.165, 1.54) is 6.08 Å². The molecule has 1 saturated carbocycles. The summed E-state index contributed by atoms with van der Waals surface area (Å²) in [5, 5.41) is 0.313. The van der Waals surface area contributed by atoms with Crippen molar-refractivity contribution in [2.75, 3.05) is 0 Å². The second-order valence-electron chi connectivity index (χ2n) is 4.42. The molecule has 0 saturated heterocycles. The average molecular weight is 287 g/mol. The molecule has 2 rings (SSSR count). The Morgan fingerprint density at radius 1 is 1.17 bits per heavy atom. The lowest BCUT2D eigenvalue weighted by atomic mass is 9.80. The zero-order valence-electron chi connectivity index (χ0n) is 9.48. The van der Waals surface area contributed by atoms with Gasteiger partial charge in [-0.3, -0.25) is 9.59 Å². The van der Waals surface area contributed by atoms with Crippen molar-refractivity contribution in [1.82, 2.24) is 0 Å². The highest BCUT2D eigenvalue weighted by atomic mass is 35.5. The van der Waals surface area contributed by atoms with E-state index in [0.717, 1.165) is 0 Å². The van der Waals surface area contributed by atoms with Crippen LogP contribution in [0.2, 0.25) is 0 Å². The fourth-order valence-corrected chi connectivity index (χ4v) is 3.14. The first-order chi connectivity index (χ1) is 8.47. The average Bonchev–Trinajstić information content (AvgIpc) is 2.27. The molecule has 1 fully saturated rings. The minimum absolute atomic E-state index is 0.00701. The van der Waals surface area contributed by atoms with Crippen molar-refractivity contribution in [3.8, 4) is 0 Å². The van der Waals surface area contributed by atoms with Gasteiger partial charge in [-0.15, -0.1) is 0 Å². The van der Waals surface area contributed by atoms with E-state index < -0.39 is 10.3 Å². The molecule has 0 aliphatic heterocycles. The molecular weight excluding hydrogens is 276 g/mol. The Morgan fingerprint density at radius 2 is 1.78 bits per heavy atom. The van der Waals surface area contributed by atoms with Crippen molar-refractivity contribution in [3.05, 3.63) is 22.8 Å². The van der Waals surface area contributed by atoms with Gasteiger partial charge in [-0.25, -0.2) is 0 Å². The van der Waals surface area contributed by atoms with E-state index in [4.69, 9.17) is 11.6 Å². The molecule has 4 nitrogen and oxygen atoms in total. The lowest BCUT2D eigenvalue weighted by molar-refractivity contribution is -0.130. The second kappa shape index (κ2) is 5.20. The van der Waals surface area contributed by atoms with Crippen LogP contribution >= 0.6 is 11.6 Å². The summed E-state index contributed by atoms with van der Waals surface area (Å²) < 4.78 is 21.6. The number of allylic oxidation sites excluding steroid dienone is 4. The summed E-state index contributed by atoms with van der Waals surface area (Å²) >= 11 is 6.03. The summed E-state index contributed by atoms with van der Waals surface area (Å²) in [6.07, 6.45) is 3.97. The maximum atomic E-state index is 11.4. The standard InChI is InChI=1S/C12H11ClO4S/c13-12-6-10(18(16)17)1-2-11(12)7-3-8(14)5-9(15)4-7/h2,6-7H,1,3-5H2. The van der Waals surface area contributed by atoms with Gasteiger partial charge >= 0.3 is 0 Å². The van der Waals surface area contributed by atoms with Crippen molar-refractivity contribution in [1.29, 1.82) is 0 Å². The largest absolute Gasteiger partial charge is 0.299 e. The van der Waals surface area contributed by atoms with Crippen molar-refractivity contribution >= 4 is 38.3 Å². The Bertz CT molecular complexity index is 586. The Hall–Kier alpha value is -1.20. The first-order valence-corrected chi connectivity index (χ1v) is 6.98. The summed E-state index contributed by atoms with van der Waals surface area (Å²) in [5.41, 5.74) is 0.715. The molecule has 0 aromatic heterocycles. The van der Waals surface area contributed by atoms with Gasteiger partial charge in [0.25, 0.3) is 0 Å². The van der Waals surface area contributed by atoms with E-state index in [-0.39, 0.29) is 35.2 Å². The minimum Gasteiger partial charge on any atom is -0.299 e. The van der Waals surface area contributed by atoms with Crippen molar-refractivity contribution in [3.63, 3.8) is 0 Å². The third kappa shape index (κ3) is 2.79. The van der Waals surface area contributed by atoms with Crippen LogP contribution in [-0.2, 0) is 19.9 Å². The van der Waals surface area contributed by atoms with E-state index in [1.54, 1.807) is 6.08 Å². The molecule has 0 bridgehead atoms. The van der Waals surface area contributed by atoms with E-state index in [0.29, 0.717) is 23.4 Å². The fraction of sp³-hybridized carbons (Fsp3) is 0.417. The number of hydrogen-bond donors (Lipinski definition) is 0. The second-order valence-corrected chi connectivity index (χ2v) is 5.82. The van der Waals surface area contributed by atoms with Crippen molar-refractivity contribution < 1.29 is 18.0 Å².